The van der Waals surface area contributed by atoms with Crippen molar-refractivity contribution in [1.29, 1.82) is 5.26 Å². The van der Waals surface area contributed by atoms with Gasteiger partial charge in [0.1, 0.15) is 0 Å². The highest BCUT2D eigenvalue weighted by atomic mass is 14.3. The lowest BCUT2D eigenvalue weighted by atomic mass is 9.76. The van der Waals surface area contributed by atoms with Crippen molar-refractivity contribution in [2.24, 2.45) is 5.92 Å². The maximum absolute atomic E-state index is 9.82. The molecule has 0 unspecified atom stereocenters. The number of aryl methyl sites for hydroxylation is 3. The van der Waals surface area contributed by atoms with Gasteiger partial charge in [-0.2, -0.15) is 5.26 Å². The first-order chi connectivity index (χ1) is 15.7. The van der Waals surface area contributed by atoms with E-state index in [1.807, 2.05) is 0 Å². The lowest BCUT2D eigenvalue weighted by Gasteiger charge is -2.29. The van der Waals surface area contributed by atoms with Crippen molar-refractivity contribution in [3.8, 4) is 6.07 Å². The van der Waals surface area contributed by atoms with Crippen molar-refractivity contribution in [3.05, 3.63) is 70.3 Å². The van der Waals surface area contributed by atoms with E-state index in [1.165, 1.54) is 99.3 Å². The normalized spacial score (nSPS) is 18.4. The SMILES string of the molecule is CCCCCc1ccc(CCc2ccc(C3CCC(CCCCC)CC3)c(C#N)c2)cc1. The van der Waals surface area contributed by atoms with Crippen molar-refractivity contribution >= 4 is 0 Å². The van der Waals surface area contributed by atoms with Gasteiger partial charge in [-0.3, -0.25) is 0 Å². The molecule has 0 N–H and O–H groups in total. The van der Waals surface area contributed by atoms with Crippen LogP contribution in [0.5, 0.6) is 0 Å². The second-order valence-electron chi connectivity index (χ2n) is 10.0. The Morgan fingerprint density at radius 3 is 1.97 bits per heavy atom. The van der Waals surface area contributed by atoms with Crippen LogP contribution in [0.25, 0.3) is 0 Å². The minimum absolute atomic E-state index is 0.585. The molecule has 1 aliphatic rings. The smallest absolute Gasteiger partial charge is 0.0994 e. The van der Waals surface area contributed by atoms with Gasteiger partial charge in [-0.15, -0.1) is 0 Å². The molecule has 172 valence electrons. The quantitative estimate of drug-likeness (QED) is 0.309. The standard InChI is InChI=1S/C31H43N/c1-3-5-7-9-25-11-13-27(14-12-25)15-16-28-19-22-31(30(23-28)24-32)29-20-17-26(18-21-29)10-8-6-4-2/h11-14,19,22-23,26,29H,3-10,15-18,20-21H2,1-2H3. The van der Waals surface area contributed by atoms with Crippen LogP contribution in [-0.2, 0) is 19.3 Å². The molecule has 1 saturated carbocycles. The molecular weight excluding hydrogens is 386 g/mol. The van der Waals surface area contributed by atoms with E-state index < -0.39 is 0 Å². The summed E-state index contributed by atoms with van der Waals surface area (Å²) in [5, 5.41) is 9.82. The molecule has 1 aliphatic carbocycles. The van der Waals surface area contributed by atoms with Crippen LogP contribution in [0.4, 0.5) is 0 Å². The fourth-order valence-corrected chi connectivity index (χ4v) is 5.40. The van der Waals surface area contributed by atoms with Gasteiger partial charge >= 0.3 is 0 Å². The fraction of sp³-hybridized carbons (Fsp3) is 0.581. The summed E-state index contributed by atoms with van der Waals surface area (Å²) < 4.78 is 0. The third kappa shape index (κ3) is 7.51. The predicted molar refractivity (Wildman–Crippen MR) is 137 cm³/mol. The summed E-state index contributed by atoms with van der Waals surface area (Å²) in [5.41, 5.74) is 6.38. The van der Waals surface area contributed by atoms with Crippen LogP contribution in [0.2, 0.25) is 0 Å². The number of nitrogens with zero attached hydrogens (tertiary/aromatic N) is 1. The molecule has 3 rings (SSSR count). The Bertz CT molecular complexity index is 834. The molecule has 0 heterocycles. The molecule has 1 fully saturated rings. The lowest BCUT2D eigenvalue weighted by Crippen LogP contribution is -2.14. The molecular formula is C31H43N. The van der Waals surface area contributed by atoms with Gasteiger partial charge in [0.15, 0.2) is 0 Å². The minimum atomic E-state index is 0.585. The van der Waals surface area contributed by atoms with Gasteiger partial charge in [0.2, 0.25) is 0 Å². The Morgan fingerprint density at radius 2 is 1.31 bits per heavy atom. The summed E-state index contributed by atoms with van der Waals surface area (Å²) in [4.78, 5) is 0. The van der Waals surface area contributed by atoms with E-state index in [1.54, 1.807) is 0 Å². The molecule has 0 atom stereocenters. The fourth-order valence-electron chi connectivity index (χ4n) is 5.40. The van der Waals surface area contributed by atoms with Crippen molar-refractivity contribution in [3.63, 3.8) is 0 Å². The highest BCUT2D eigenvalue weighted by Crippen LogP contribution is 2.39. The van der Waals surface area contributed by atoms with Crippen molar-refractivity contribution in [2.75, 3.05) is 0 Å². The summed E-state index contributed by atoms with van der Waals surface area (Å²) in [6, 6.07) is 18.4. The monoisotopic (exact) mass is 429 g/mol. The molecule has 2 aromatic carbocycles. The number of nitriles is 1. The average Bonchev–Trinajstić information content (AvgIpc) is 2.84. The second kappa shape index (κ2) is 13.5. The van der Waals surface area contributed by atoms with Crippen LogP contribution >= 0.6 is 0 Å². The molecule has 0 aliphatic heterocycles. The first-order valence-electron chi connectivity index (χ1n) is 13.3. The van der Waals surface area contributed by atoms with Crippen LogP contribution in [0.3, 0.4) is 0 Å². The molecule has 0 aromatic heterocycles. The second-order valence-corrected chi connectivity index (χ2v) is 10.0. The van der Waals surface area contributed by atoms with E-state index in [0.717, 1.165) is 24.3 Å². The third-order valence-corrected chi connectivity index (χ3v) is 7.53. The van der Waals surface area contributed by atoms with Crippen LogP contribution in [0.1, 0.15) is 118 Å². The molecule has 0 radical (unpaired) electrons. The Balaban J connectivity index is 1.51. The Kier molecular flexibility index (Phi) is 10.3. The van der Waals surface area contributed by atoms with Crippen LogP contribution < -0.4 is 0 Å². The van der Waals surface area contributed by atoms with E-state index in [9.17, 15) is 5.26 Å². The van der Waals surface area contributed by atoms with Crippen LogP contribution in [-0.4, -0.2) is 0 Å². The van der Waals surface area contributed by atoms with Gasteiger partial charge in [-0.25, -0.2) is 0 Å². The minimum Gasteiger partial charge on any atom is -0.192 e. The van der Waals surface area contributed by atoms with E-state index >= 15 is 0 Å². The number of hydrogen-bond donors (Lipinski definition) is 0. The maximum atomic E-state index is 9.82. The molecule has 1 heteroatoms. The zero-order chi connectivity index (χ0) is 22.6. The third-order valence-electron chi connectivity index (χ3n) is 7.53. The highest BCUT2D eigenvalue weighted by Gasteiger charge is 2.24. The largest absolute Gasteiger partial charge is 0.192 e. The van der Waals surface area contributed by atoms with E-state index in [4.69, 9.17) is 0 Å². The Labute approximate surface area is 197 Å². The van der Waals surface area contributed by atoms with E-state index in [0.29, 0.717) is 5.92 Å². The Hall–Kier alpha value is -2.07. The van der Waals surface area contributed by atoms with Gasteiger partial charge in [-0.1, -0.05) is 88.8 Å². The number of hydrogen-bond acceptors (Lipinski definition) is 1. The maximum Gasteiger partial charge on any atom is 0.0994 e. The predicted octanol–water partition coefficient (Wildman–Crippen LogP) is 8.93. The molecule has 1 nitrogen and oxygen atoms in total. The van der Waals surface area contributed by atoms with Crippen LogP contribution in [0.15, 0.2) is 42.5 Å². The molecule has 0 amide bonds. The summed E-state index contributed by atoms with van der Waals surface area (Å²) >= 11 is 0. The summed E-state index contributed by atoms with van der Waals surface area (Å²) in [7, 11) is 0. The highest BCUT2D eigenvalue weighted by molar-refractivity contribution is 5.43. The van der Waals surface area contributed by atoms with Gasteiger partial charge in [0, 0.05) is 0 Å². The van der Waals surface area contributed by atoms with Gasteiger partial charge < -0.3 is 0 Å². The number of unbranched alkanes of at least 4 members (excludes halogenated alkanes) is 4. The molecule has 0 bridgehead atoms. The molecule has 2 aromatic rings. The topological polar surface area (TPSA) is 23.8 Å². The zero-order valence-corrected chi connectivity index (χ0v) is 20.5. The number of rotatable bonds is 12. The van der Waals surface area contributed by atoms with E-state index in [-0.39, 0.29) is 0 Å². The lowest BCUT2D eigenvalue weighted by molar-refractivity contribution is 0.302. The summed E-state index contributed by atoms with van der Waals surface area (Å²) in [6.45, 7) is 4.54. The van der Waals surface area contributed by atoms with Gasteiger partial charge in [-0.05, 0) is 91.5 Å². The van der Waals surface area contributed by atoms with Gasteiger partial charge in [0.05, 0.1) is 11.6 Å². The molecule has 32 heavy (non-hydrogen) atoms. The van der Waals surface area contributed by atoms with Crippen molar-refractivity contribution in [2.45, 2.75) is 110 Å². The molecule has 0 saturated heterocycles. The van der Waals surface area contributed by atoms with Crippen molar-refractivity contribution < 1.29 is 0 Å². The zero-order valence-electron chi connectivity index (χ0n) is 20.5. The molecule has 0 spiro atoms. The summed E-state index contributed by atoms with van der Waals surface area (Å²) in [5.74, 6) is 1.50. The van der Waals surface area contributed by atoms with Crippen LogP contribution in [0, 0.1) is 17.2 Å². The first-order valence-corrected chi connectivity index (χ1v) is 13.3. The number of benzene rings is 2. The Morgan fingerprint density at radius 1 is 0.719 bits per heavy atom. The average molecular weight is 430 g/mol. The van der Waals surface area contributed by atoms with E-state index in [2.05, 4.69) is 62.4 Å². The first kappa shape index (κ1) is 24.6. The van der Waals surface area contributed by atoms with Gasteiger partial charge in [0.25, 0.3) is 0 Å². The van der Waals surface area contributed by atoms with Crippen molar-refractivity contribution in [1.82, 2.24) is 0 Å². The summed E-state index contributed by atoms with van der Waals surface area (Å²) in [6.07, 6.45) is 17.8.